The number of anilines is 1. The predicted molar refractivity (Wildman–Crippen MR) is 121 cm³/mol. The van der Waals surface area contributed by atoms with Gasteiger partial charge >= 0.3 is 0 Å². The Labute approximate surface area is 179 Å². The van der Waals surface area contributed by atoms with E-state index in [4.69, 9.17) is 5.73 Å². The molecule has 0 unspecified atom stereocenters. The minimum absolute atomic E-state index is 0.189. The smallest absolute Gasteiger partial charge is 0.263 e. The number of carbonyl (C=O) groups excluding carboxylic acids is 2. The van der Waals surface area contributed by atoms with Crippen LogP contribution in [0.4, 0.5) is 5.69 Å². The van der Waals surface area contributed by atoms with Crippen LogP contribution in [0.15, 0.2) is 66.7 Å². The fourth-order valence-electron chi connectivity index (χ4n) is 4.03. The SMILES string of the molecule is Cc1n[nH]c2ccc(-c3ccc(N)c4c3CN(C(=O)/C=C/c3ccccc3)C4=O)cc12. The van der Waals surface area contributed by atoms with E-state index in [0.717, 1.165) is 38.9 Å². The average molecular weight is 408 g/mol. The van der Waals surface area contributed by atoms with E-state index in [-0.39, 0.29) is 18.4 Å². The molecule has 6 heteroatoms. The first-order chi connectivity index (χ1) is 15.0. The molecule has 3 aromatic carbocycles. The number of H-pyrrole nitrogens is 1. The van der Waals surface area contributed by atoms with Crippen LogP contribution in [0.5, 0.6) is 0 Å². The summed E-state index contributed by atoms with van der Waals surface area (Å²) >= 11 is 0. The van der Waals surface area contributed by atoms with Crippen molar-refractivity contribution in [1.82, 2.24) is 15.1 Å². The number of hydrogen-bond acceptors (Lipinski definition) is 4. The number of aromatic amines is 1. The summed E-state index contributed by atoms with van der Waals surface area (Å²) in [5.41, 5.74) is 12.3. The van der Waals surface area contributed by atoms with E-state index < -0.39 is 0 Å². The Morgan fingerprint density at radius 2 is 1.94 bits per heavy atom. The third-order valence-electron chi connectivity index (χ3n) is 5.67. The Bertz CT molecular complexity index is 1370. The van der Waals surface area contributed by atoms with Gasteiger partial charge in [-0.2, -0.15) is 5.10 Å². The van der Waals surface area contributed by atoms with Crippen LogP contribution in [0.2, 0.25) is 0 Å². The second kappa shape index (κ2) is 7.25. The lowest BCUT2D eigenvalue weighted by molar-refractivity contribution is -0.123. The third kappa shape index (κ3) is 3.18. The number of nitrogen functional groups attached to an aromatic ring is 1. The van der Waals surface area contributed by atoms with E-state index >= 15 is 0 Å². The first-order valence-corrected chi connectivity index (χ1v) is 9.98. The van der Waals surface area contributed by atoms with E-state index in [2.05, 4.69) is 10.2 Å². The molecule has 0 saturated heterocycles. The number of imide groups is 1. The summed E-state index contributed by atoms with van der Waals surface area (Å²) in [6.07, 6.45) is 3.13. The van der Waals surface area contributed by atoms with Crippen LogP contribution in [0.1, 0.15) is 27.2 Å². The van der Waals surface area contributed by atoms with Crippen LogP contribution in [-0.2, 0) is 11.3 Å². The zero-order chi connectivity index (χ0) is 21.5. The van der Waals surface area contributed by atoms with Gasteiger partial charge in [0.15, 0.2) is 0 Å². The maximum atomic E-state index is 13.1. The molecule has 0 atom stereocenters. The first-order valence-electron chi connectivity index (χ1n) is 9.98. The molecule has 6 nitrogen and oxygen atoms in total. The van der Waals surface area contributed by atoms with Crippen LogP contribution in [-0.4, -0.2) is 26.9 Å². The van der Waals surface area contributed by atoms with Crippen LogP contribution in [0.3, 0.4) is 0 Å². The minimum Gasteiger partial charge on any atom is -0.398 e. The van der Waals surface area contributed by atoms with Crippen LogP contribution in [0.25, 0.3) is 28.1 Å². The maximum absolute atomic E-state index is 13.1. The number of rotatable bonds is 3. The molecule has 31 heavy (non-hydrogen) atoms. The minimum atomic E-state index is -0.364. The number of hydrogen-bond donors (Lipinski definition) is 2. The summed E-state index contributed by atoms with van der Waals surface area (Å²) < 4.78 is 0. The van der Waals surface area contributed by atoms with Gasteiger partial charge in [0, 0.05) is 17.1 Å². The number of nitrogens with zero attached hydrogens (tertiary/aromatic N) is 2. The number of aryl methyl sites for hydroxylation is 1. The molecule has 1 aliphatic rings. The topological polar surface area (TPSA) is 92.1 Å². The Morgan fingerprint density at radius 1 is 1.13 bits per heavy atom. The largest absolute Gasteiger partial charge is 0.398 e. The number of nitrogens with one attached hydrogen (secondary N) is 1. The predicted octanol–water partition coefficient (Wildman–Crippen LogP) is 4.32. The van der Waals surface area contributed by atoms with Gasteiger partial charge in [0.2, 0.25) is 0 Å². The van der Waals surface area contributed by atoms with Gasteiger partial charge in [-0.1, -0.05) is 42.5 Å². The summed E-state index contributed by atoms with van der Waals surface area (Å²) in [6.45, 7) is 2.13. The molecular formula is C25H20N4O2. The van der Waals surface area contributed by atoms with Gasteiger partial charge in [-0.3, -0.25) is 19.6 Å². The van der Waals surface area contributed by atoms with Crippen LogP contribution >= 0.6 is 0 Å². The molecule has 1 aliphatic heterocycles. The summed E-state index contributed by atoms with van der Waals surface area (Å²) in [5.74, 6) is -0.728. The lowest BCUT2D eigenvalue weighted by Gasteiger charge is -2.11. The molecule has 1 aromatic heterocycles. The van der Waals surface area contributed by atoms with Crippen molar-refractivity contribution in [3.8, 4) is 11.1 Å². The number of aromatic nitrogens is 2. The molecule has 0 bridgehead atoms. The summed E-state index contributed by atoms with van der Waals surface area (Å²) in [5, 5.41) is 8.27. The molecule has 2 amide bonds. The van der Waals surface area contributed by atoms with Crippen LogP contribution < -0.4 is 5.73 Å². The van der Waals surface area contributed by atoms with Crippen molar-refractivity contribution in [2.45, 2.75) is 13.5 Å². The van der Waals surface area contributed by atoms with Gasteiger partial charge in [0.25, 0.3) is 11.8 Å². The van der Waals surface area contributed by atoms with Crippen molar-refractivity contribution in [1.29, 1.82) is 0 Å². The van der Waals surface area contributed by atoms with E-state index in [1.54, 1.807) is 12.1 Å². The van der Waals surface area contributed by atoms with Crippen molar-refractivity contribution in [2.24, 2.45) is 0 Å². The Morgan fingerprint density at radius 3 is 2.74 bits per heavy atom. The van der Waals surface area contributed by atoms with Crippen molar-refractivity contribution in [3.63, 3.8) is 0 Å². The summed E-state index contributed by atoms with van der Waals surface area (Å²) in [7, 11) is 0. The zero-order valence-corrected chi connectivity index (χ0v) is 16.9. The van der Waals surface area contributed by atoms with Gasteiger partial charge < -0.3 is 5.73 Å². The van der Waals surface area contributed by atoms with Gasteiger partial charge in [-0.15, -0.1) is 0 Å². The number of amides is 2. The van der Waals surface area contributed by atoms with Gasteiger partial charge in [0.05, 0.1) is 23.3 Å². The Kier molecular flexibility index (Phi) is 4.40. The standard InChI is InChI=1S/C25H20N4O2/c1-15-19-13-17(8-11-22(19)28-27-15)18-9-10-21(26)24-20(18)14-29(25(24)31)23(30)12-7-16-5-3-2-4-6-16/h2-13H,14,26H2,1H3,(H,27,28)/b12-7+. The monoisotopic (exact) mass is 408 g/mol. The molecule has 4 aromatic rings. The first kappa shape index (κ1) is 18.8. The number of nitrogens with two attached hydrogens (primary N) is 1. The van der Waals surface area contributed by atoms with Gasteiger partial charge in [-0.25, -0.2) is 0 Å². The molecule has 152 valence electrons. The second-order valence-electron chi connectivity index (χ2n) is 7.60. The fraction of sp³-hybridized carbons (Fsp3) is 0.0800. The van der Waals surface area contributed by atoms with E-state index in [1.807, 2.05) is 61.5 Å². The Balaban J connectivity index is 1.52. The molecule has 2 heterocycles. The quantitative estimate of drug-likeness (QED) is 0.390. The summed E-state index contributed by atoms with van der Waals surface area (Å²) in [6, 6.07) is 19.1. The van der Waals surface area contributed by atoms with E-state index in [1.165, 1.54) is 11.0 Å². The fourth-order valence-corrected chi connectivity index (χ4v) is 4.03. The summed E-state index contributed by atoms with van der Waals surface area (Å²) in [4.78, 5) is 27.1. The average Bonchev–Trinajstić information content (AvgIpc) is 3.33. The lowest BCUT2D eigenvalue weighted by Crippen LogP contribution is -2.29. The molecule has 0 radical (unpaired) electrons. The van der Waals surface area contributed by atoms with Gasteiger partial charge in [0.1, 0.15) is 0 Å². The maximum Gasteiger partial charge on any atom is 0.263 e. The van der Waals surface area contributed by atoms with Crippen molar-refractivity contribution >= 4 is 34.5 Å². The van der Waals surface area contributed by atoms with E-state index in [0.29, 0.717) is 11.3 Å². The number of carbonyl (C=O) groups is 2. The zero-order valence-electron chi connectivity index (χ0n) is 16.9. The van der Waals surface area contributed by atoms with Crippen molar-refractivity contribution in [2.75, 3.05) is 5.73 Å². The second-order valence-corrected chi connectivity index (χ2v) is 7.60. The van der Waals surface area contributed by atoms with E-state index in [9.17, 15) is 9.59 Å². The highest BCUT2D eigenvalue weighted by Gasteiger charge is 2.34. The molecule has 5 rings (SSSR count). The third-order valence-corrected chi connectivity index (χ3v) is 5.67. The number of benzene rings is 3. The molecular weight excluding hydrogens is 388 g/mol. The molecule has 0 aliphatic carbocycles. The number of fused-ring (bicyclic) bond motifs is 2. The molecule has 3 N–H and O–H groups in total. The molecule has 0 spiro atoms. The Hall–Kier alpha value is -4.19. The normalized spacial score (nSPS) is 13.3. The highest BCUT2D eigenvalue weighted by molar-refractivity contribution is 6.15. The van der Waals surface area contributed by atoms with Crippen LogP contribution in [0, 0.1) is 6.92 Å². The van der Waals surface area contributed by atoms with Gasteiger partial charge in [-0.05, 0) is 53.5 Å². The van der Waals surface area contributed by atoms with Crippen molar-refractivity contribution < 1.29 is 9.59 Å². The highest BCUT2D eigenvalue weighted by Crippen LogP contribution is 2.37. The highest BCUT2D eigenvalue weighted by atomic mass is 16.2. The van der Waals surface area contributed by atoms with Crippen molar-refractivity contribution in [3.05, 3.63) is 89.1 Å². The lowest BCUT2D eigenvalue weighted by atomic mass is 9.95. The molecule has 0 fully saturated rings. The molecule has 0 saturated carbocycles.